The van der Waals surface area contributed by atoms with Gasteiger partial charge in [0.05, 0.1) is 25.0 Å². The Hall–Kier alpha value is -4.26. The molecular formula is C29H28N2O5. The van der Waals surface area contributed by atoms with E-state index in [9.17, 15) is 14.7 Å². The number of Topliss-reactive ketones (excluding diaryl/α,β-unsaturated/α-hetero) is 1. The van der Waals surface area contributed by atoms with Crippen LogP contribution in [0.3, 0.4) is 0 Å². The Balaban J connectivity index is 1.50. The lowest BCUT2D eigenvalue weighted by Crippen LogP contribution is -2.33. The van der Waals surface area contributed by atoms with E-state index in [0.717, 1.165) is 33.3 Å². The van der Waals surface area contributed by atoms with Crippen LogP contribution in [0.15, 0.2) is 82.8 Å². The molecule has 7 heteroatoms. The van der Waals surface area contributed by atoms with Crippen LogP contribution in [0.25, 0.3) is 10.9 Å². The van der Waals surface area contributed by atoms with Gasteiger partial charge in [0, 0.05) is 23.6 Å². The maximum atomic E-state index is 13.3. The number of fused-ring (bicyclic) bond motifs is 1. The van der Waals surface area contributed by atoms with Crippen molar-refractivity contribution in [2.75, 3.05) is 13.7 Å². The Morgan fingerprint density at radius 2 is 1.94 bits per heavy atom. The van der Waals surface area contributed by atoms with Gasteiger partial charge in [0.15, 0.2) is 11.5 Å². The molecule has 0 saturated carbocycles. The highest BCUT2D eigenvalue weighted by Gasteiger charge is 2.44. The number of amides is 1. The van der Waals surface area contributed by atoms with E-state index in [4.69, 9.17) is 9.15 Å². The monoisotopic (exact) mass is 484 g/mol. The van der Waals surface area contributed by atoms with Crippen molar-refractivity contribution in [1.29, 1.82) is 0 Å². The summed E-state index contributed by atoms with van der Waals surface area (Å²) in [5.74, 6) is -0.432. The SMILES string of the molecule is COc1ccc2[nH]cc(CCN3C(=O)C(O)=C(C(=O)c4ccco4)[C@H]3c3ccc(C(C)C)cc3)c2c1. The molecule has 4 aromatic rings. The summed E-state index contributed by atoms with van der Waals surface area (Å²) < 4.78 is 10.7. The number of aromatic nitrogens is 1. The summed E-state index contributed by atoms with van der Waals surface area (Å²) in [6.45, 7) is 4.51. The highest BCUT2D eigenvalue weighted by Crippen LogP contribution is 2.39. The summed E-state index contributed by atoms with van der Waals surface area (Å²) in [5.41, 5.74) is 3.92. The predicted molar refractivity (Wildman–Crippen MR) is 136 cm³/mol. The maximum Gasteiger partial charge on any atom is 0.290 e. The molecule has 36 heavy (non-hydrogen) atoms. The van der Waals surface area contributed by atoms with Crippen LogP contribution >= 0.6 is 0 Å². The van der Waals surface area contributed by atoms with E-state index in [1.165, 1.54) is 12.3 Å². The number of aliphatic hydroxyl groups is 1. The zero-order chi connectivity index (χ0) is 25.4. The number of rotatable bonds is 8. The van der Waals surface area contributed by atoms with Crippen LogP contribution < -0.4 is 4.74 Å². The van der Waals surface area contributed by atoms with Crippen molar-refractivity contribution in [3.63, 3.8) is 0 Å². The number of carbonyl (C=O) groups excluding carboxylic acids is 2. The molecule has 0 fully saturated rings. The summed E-state index contributed by atoms with van der Waals surface area (Å²) in [4.78, 5) is 31.4. The first kappa shape index (κ1) is 23.5. The van der Waals surface area contributed by atoms with E-state index in [1.807, 2.05) is 48.7 Å². The number of nitrogens with one attached hydrogen (secondary N) is 1. The third-order valence-electron chi connectivity index (χ3n) is 6.81. The lowest BCUT2D eigenvalue weighted by atomic mass is 9.92. The number of benzene rings is 2. The van der Waals surface area contributed by atoms with Crippen molar-refractivity contribution in [2.24, 2.45) is 0 Å². The van der Waals surface area contributed by atoms with Gasteiger partial charge in [0.25, 0.3) is 5.91 Å². The molecule has 1 aliphatic heterocycles. The molecule has 184 valence electrons. The number of aromatic amines is 1. The maximum absolute atomic E-state index is 13.3. The van der Waals surface area contributed by atoms with Crippen LogP contribution in [0.1, 0.15) is 53.1 Å². The van der Waals surface area contributed by atoms with Gasteiger partial charge in [0.2, 0.25) is 5.78 Å². The second kappa shape index (κ2) is 9.41. The minimum atomic E-state index is -0.726. The number of hydrogen-bond acceptors (Lipinski definition) is 5. The van der Waals surface area contributed by atoms with Crippen molar-refractivity contribution in [3.8, 4) is 5.75 Å². The standard InChI is InChI=1S/C29H28N2O5/c1-17(2)18-6-8-19(9-7-18)26-25(27(32)24-5-4-14-36-24)28(33)29(34)31(26)13-12-20-16-30-23-11-10-21(35-3)15-22(20)23/h4-11,14-17,26,30,33H,12-13H2,1-3H3/t26-/m1/s1. The molecular weight excluding hydrogens is 456 g/mol. The van der Waals surface area contributed by atoms with E-state index >= 15 is 0 Å². The third-order valence-corrected chi connectivity index (χ3v) is 6.81. The zero-order valence-corrected chi connectivity index (χ0v) is 20.4. The second-order valence-corrected chi connectivity index (χ2v) is 9.27. The van der Waals surface area contributed by atoms with Crippen LogP contribution in [0.2, 0.25) is 0 Å². The smallest absolute Gasteiger partial charge is 0.290 e. The van der Waals surface area contributed by atoms with Gasteiger partial charge in [-0.1, -0.05) is 38.1 Å². The molecule has 0 aliphatic carbocycles. The van der Waals surface area contributed by atoms with E-state index in [-0.39, 0.29) is 11.3 Å². The van der Waals surface area contributed by atoms with Crippen molar-refractivity contribution in [1.82, 2.24) is 9.88 Å². The number of carbonyl (C=O) groups is 2. The van der Waals surface area contributed by atoms with Gasteiger partial charge in [-0.25, -0.2) is 0 Å². The van der Waals surface area contributed by atoms with Gasteiger partial charge in [-0.05, 0) is 59.4 Å². The zero-order valence-electron chi connectivity index (χ0n) is 20.4. The first-order chi connectivity index (χ1) is 17.4. The van der Waals surface area contributed by atoms with Crippen molar-refractivity contribution in [3.05, 3.63) is 101 Å². The fraction of sp³-hybridized carbons (Fsp3) is 0.241. The fourth-order valence-corrected chi connectivity index (χ4v) is 4.80. The normalized spacial score (nSPS) is 15.9. The number of H-pyrrole nitrogens is 1. The molecule has 1 atom stereocenters. The molecule has 0 radical (unpaired) electrons. The minimum absolute atomic E-state index is 0.0350. The Morgan fingerprint density at radius 1 is 1.17 bits per heavy atom. The number of aliphatic hydroxyl groups excluding tert-OH is 1. The lowest BCUT2D eigenvalue weighted by molar-refractivity contribution is -0.129. The van der Waals surface area contributed by atoms with Gasteiger partial charge in [-0.15, -0.1) is 0 Å². The highest BCUT2D eigenvalue weighted by molar-refractivity contribution is 6.15. The summed E-state index contributed by atoms with van der Waals surface area (Å²) in [6.07, 6.45) is 3.84. The van der Waals surface area contributed by atoms with Crippen LogP contribution in [-0.2, 0) is 11.2 Å². The minimum Gasteiger partial charge on any atom is -0.503 e. The first-order valence-corrected chi connectivity index (χ1v) is 11.9. The molecule has 0 spiro atoms. The molecule has 3 heterocycles. The number of ketones is 1. The van der Waals surface area contributed by atoms with Crippen molar-refractivity contribution in [2.45, 2.75) is 32.2 Å². The molecule has 2 aromatic heterocycles. The van der Waals surface area contributed by atoms with Crippen LogP contribution in [0.5, 0.6) is 5.75 Å². The Morgan fingerprint density at radius 3 is 2.61 bits per heavy atom. The van der Waals surface area contributed by atoms with Crippen LogP contribution in [0.4, 0.5) is 0 Å². The quantitative estimate of drug-likeness (QED) is 0.312. The van der Waals surface area contributed by atoms with Crippen molar-refractivity contribution < 1.29 is 23.8 Å². The number of furan rings is 1. The van der Waals surface area contributed by atoms with E-state index < -0.39 is 23.5 Å². The molecule has 7 nitrogen and oxygen atoms in total. The molecule has 2 aromatic carbocycles. The molecule has 5 rings (SSSR count). The van der Waals surface area contributed by atoms with Crippen LogP contribution in [0, 0.1) is 0 Å². The molecule has 0 saturated heterocycles. The van der Waals surface area contributed by atoms with Gasteiger partial charge in [0.1, 0.15) is 5.75 Å². The molecule has 0 bridgehead atoms. The molecule has 1 amide bonds. The van der Waals surface area contributed by atoms with E-state index in [1.54, 1.807) is 18.1 Å². The number of methoxy groups -OCH3 is 1. The topological polar surface area (TPSA) is 95.8 Å². The molecule has 1 aliphatic rings. The summed E-state index contributed by atoms with van der Waals surface area (Å²) in [7, 11) is 1.62. The van der Waals surface area contributed by atoms with Gasteiger partial charge < -0.3 is 24.1 Å². The van der Waals surface area contributed by atoms with E-state index in [2.05, 4.69) is 18.8 Å². The van der Waals surface area contributed by atoms with Gasteiger partial charge in [-0.3, -0.25) is 9.59 Å². The number of ether oxygens (including phenoxy) is 1. The van der Waals surface area contributed by atoms with Gasteiger partial charge in [-0.2, -0.15) is 0 Å². The summed E-state index contributed by atoms with van der Waals surface area (Å²) in [6, 6.07) is 16.1. The predicted octanol–water partition coefficient (Wildman–Crippen LogP) is 5.71. The highest BCUT2D eigenvalue weighted by atomic mass is 16.5. The largest absolute Gasteiger partial charge is 0.503 e. The Kier molecular flexibility index (Phi) is 6.14. The fourth-order valence-electron chi connectivity index (χ4n) is 4.80. The third kappa shape index (κ3) is 4.06. The first-order valence-electron chi connectivity index (χ1n) is 11.9. The number of hydrogen-bond donors (Lipinski definition) is 2. The number of nitrogens with zero attached hydrogens (tertiary/aromatic N) is 1. The lowest BCUT2D eigenvalue weighted by Gasteiger charge is -2.27. The average molecular weight is 485 g/mol. The van der Waals surface area contributed by atoms with Crippen LogP contribution in [-0.4, -0.2) is 40.3 Å². The van der Waals surface area contributed by atoms with Crippen molar-refractivity contribution >= 4 is 22.6 Å². The molecule has 2 N–H and O–H groups in total. The summed E-state index contributed by atoms with van der Waals surface area (Å²) in [5, 5.41) is 11.9. The molecule has 0 unspecified atom stereocenters. The Labute approximate surface area is 209 Å². The Bertz CT molecular complexity index is 1440. The average Bonchev–Trinajstić information content (AvgIpc) is 3.62. The second-order valence-electron chi connectivity index (χ2n) is 9.27. The van der Waals surface area contributed by atoms with Gasteiger partial charge >= 0.3 is 0 Å². The van der Waals surface area contributed by atoms with E-state index in [0.29, 0.717) is 18.9 Å². The summed E-state index contributed by atoms with van der Waals surface area (Å²) >= 11 is 0.